The number of nitrogens with two attached hydrogens (primary N) is 1. The van der Waals surface area contributed by atoms with Crippen molar-refractivity contribution in [3.63, 3.8) is 0 Å². The molecule has 0 bridgehead atoms. The summed E-state index contributed by atoms with van der Waals surface area (Å²) in [7, 11) is 3.26. The average molecular weight is 535 g/mol. The van der Waals surface area contributed by atoms with Crippen LogP contribution in [0.5, 0.6) is 0 Å². The fourth-order valence-electron chi connectivity index (χ4n) is 5.22. The molecule has 1 aliphatic carbocycles. The molecule has 2 aliphatic rings. The third-order valence-corrected chi connectivity index (χ3v) is 7.49. The fourth-order valence-corrected chi connectivity index (χ4v) is 5.22. The van der Waals surface area contributed by atoms with E-state index < -0.39 is 17.9 Å². The topological polar surface area (TPSA) is 140 Å². The summed E-state index contributed by atoms with van der Waals surface area (Å²) < 4.78 is 0. The predicted molar refractivity (Wildman–Crippen MR) is 148 cm³/mol. The smallest absolute Gasteiger partial charge is 0.242 e. The number of amides is 3. The van der Waals surface area contributed by atoms with Crippen molar-refractivity contribution >= 4 is 36.0 Å². The van der Waals surface area contributed by atoms with Gasteiger partial charge in [0, 0.05) is 26.2 Å². The molecule has 1 unspecified atom stereocenters. The molecule has 6 N–H and O–H groups in total. The number of carbonyl (C=O) groups excluding carboxylic acids is 3. The number of rotatable bonds is 10. The number of piperidine rings is 1. The molecular formula is C27H43ClN6O3. The number of nitrogens with zero attached hydrogens (tertiary/aromatic N) is 1. The first kappa shape index (κ1) is 30.6. The molecule has 0 aromatic heterocycles. The summed E-state index contributed by atoms with van der Waals surface area (Å²) in [5.74, 6) is -1.34. The third kappa shape index (κ3) is 9.00. The van der Waals surface area contributed by atoms with Crippen molar-refractivity contribution in [1.29, 1.82) is 5.41 Å². The molecule has 37 heavy (non-hydrogen) atoms. The number of halogens is 1. The molecule has 0 radical (unpaired) electrons. The SMILES string of the molecule is CN(C)C(=O)C(Cc1ccc(C(=N)N)cc1)C(=O)N[C@H](C(=O)NCC1CCNCC1)C1CCCCC1.Cl. The Morgan fingerprint density at radius 3 is 2.22 bits per heavy atom. The molecule has 1 saturated heterocycles. The number of hydrogen-bond donors (Lipinski definition) is 5. The molecule has 9 nitrogen and oxygen atoms in total. The zero-order valence-corrected chi connectivity index (χ0v) is 22.9. The molecule has 10 heteroatoms. The van der Waals surface area contributed by atoms with E-state index in [1.54, 1.807) is 38.4 Å². The Kier molecular flexibility index (Phi) is 12.3. The van der Waals surface area contributed by atoms with Crippen molar-refractivity contribution in [1.82, 2.24) is 20.9 Å². The Labute approximate surface area is 226 Å². The van der Waals surface area contributed by atoms with E-state index in [1.165, 1.54) is 4.90 Å². The first-order valence-electron chi connectivity index (χ1n) is 13.2. The first-order chi connectivity index (χ1) is 17.3. The summed E-state index contributed by atoms with van der Waals surface area (Å²) in [4.78, 5) is 41.3. The molecule has 206 valence electrons. The zero-order chi connectivity index (χ0) is 26.1. The van der Waals surface area contributed by atoms with Gasteiger partial charge in [0.15, 0.2) is 0 Å². The molecule has 2 atom stereocenters. The average Bonchev–Trinajstić information content (AvgIpc) is 2.89. The summed E-state index contributed by atoms with van der Waals surface area (Å²) in [5.41, 5.74) is 6.92. The third-order valence-electron chi connectivity index (χ3n) is 7.49. The Morgan fingerprint density at radius 1 is 1.03 bits per heavy atom. The van der Waals surface area contributed by atoms with Crippen molar-refractivity contribution < 1.29 is 14.4 Å². The Hall–Kier alpha value is -2.65. The van der Waals surface area contributed by atoms with Gasteiger partial charge < -0.3 is 26.6 Å². The highest BCUT2D eigenvalue weighted by molar-refractivity contribution is 6.02. The molecule has 0 spiro atoms. The Morgan fingerprint density at radius 2 is 1.65 bits per heavy atom. The van der Waals surface area contributed by atoms with Gasteiger partial charge in [-0.2, -0.15) is 0 Å². The van der Waals surface area contributed by atoms with Crippen LogP contribution in [0.2, 0.25) is 0 Å². The van der Waals surface area contributed by atoms with Gasteiger partial charge in [0.05, 0.1) is 0 Å². The highest BCUT2D eigenvalue weighted by Crippen LogP contribution is 2.27. The van der Waals surface area contributed by atoms with E-state index in [2.05, 4.69) is 16.0 Å². The second-order valence-electron chi connectivity index (χ2n) is 10.4. The second kappa shape index (κ2) is 14.9. The lowest BCUT2D eigenvalue weighted by Gasteiger charge is -2.32. The predicted octanol–water partition coefficient (Wildman–Crippen LogP) is 1.82. The summed E-state index contributed by atoms with van der Waals surface area (Å²) in [6.45, 7) is 2.54. The molecule has 2 fully saturated rings. The normalized spacial score (nSPS) is 18.1. The lowest BCUT2D eigenvalue weighted by atomic mass is 9.83. The maximum Gasteiger partial charge on any atom is 0.242 e. The van der Waals surface area contributed by atoms with Crippen molar-refractivity contribution in [3.8, 4) is 0 Å². The molecule has 1 heterocycles. The van der Waals surface area contributed by atoms with Crippen molar-refractivity contribution in [2.45, 2.75) is 57.4 Å². The van der Waals surface area contributed by atoms with E-state index in [4.69, 9.17) is 11.1 Å². The largest absolute Gasteiger partial charge is 0.384 e. The number of nitrogens with one attached hydrogen (secondary N) is 4. The lowest BCUT2D eigenvalue weighted by Crippen LogP contribution is -2.55. The minimum absolute atomic E-state index is 0. The van der Waals surface area contributed by atoms with E-state index >= 15 is 0 Å². The van der Waals surface area contributed by atoms with E-state index in [1.807, 2.05) is 0 Å². The van der Waals surface area contributed by atoms with Crippen molar-refractivity contribution in [2.24, 2.45) is 23.5 Å². The number of nitrogen functional groups attached to an aromatic ring is 1. The van der Waals surface area contributed by atoms with Crippen molar-refractivity contribution in [2.75, 3.05) is 33.7 Å². The van der Waals surface area contributed by atoms with Gasteiger partial charge >= 0.3 is 0 Å². The van der Waals surface area contributed by atoms with Gasteiger partial charge in [-0.15, -0.1) is 12.4 Å². The number of benzene rings is 1. The van der Waals surface area contributed by atoms with Gasteiger partial charge in [-0.1, -0.05) is 43.5 Å². The van der Waals surface area contributed by atoms with Gasteiger partial charge in [0.25, 0.3) is 0 Å². The van der Waals surface area contributed by atoms with Crippen LogP contribution in [-0.2, 0) is 20.8 Å². The van der Waals surface area contributed by atoms with Crippen LogP contribution >= 0.6 is 12.4 Å². The van der Waals surface area contributed by atoms with Gasteiger partial charge in [-0.3, -0.25) is 19.8 Å². The van der Waals surface area contributed by atoms with E-state index in [9.17, 15) is 14.4 Å². The highest BCUT2D eigenvalue weighted by Gasteiger charge is 2.35. The second-order valence-corrected chi connectivity index (χ2v) is 10.4. The van der Waals surface area contributed by atoms with Crippen LogP contribution < -0.4 is 21.7 Å². The standard InChI is InChI=1S/C27H42N6O3.ClH/c1-33(2)27(36)22(16-18-8-10-21(11-9-18)24(28)29)25(34)32-23(20-6-4-3-5-7-20)26(35)31-17-19-12-14-30-15-13-19;/h8-11,19-20,22-23,30H,3-7,12-17H2,1-2H3,(H3,28,29)(H,31,35)(H,32,34);1H/t22?,23-;/m0./s1. The minimum atomic E-state index is -0.952. The van der Waals surface area contributed by atoms with Gasteiger partial charge in [-0.25, -0.2) is 0 Å². The number of amidine groups is 1. The molecule has 1 aliphatic heterocycles. The molecule has 3 rings (SSSR count). The Balaban J connectivity index is 0.00000481. The van der Waals surface area contributed by atoms with E-state index in [0.29, 0.717) is 18.0 Å². The summed E-state index contributed by atoms with van der Waals surface area (Å²) in [6, 6.07) is 6.35. The van der Waals surface area contributed by atoms with Crippen LogP contribution in [0.15, 0.2) is 24.3 Å². The quantitative estimate of drug-likeness (QED) is 0.177. The molecular weight excluding hydrogens is 492 g/mol. The molecule has 1 aromatic rings. The van der Waals surface area contributed by atoms with Crippen molar-refractivity contribution in [3.05, 3.63) is 35.4 Å². The van der Waals surface area contributed by atoms with Crippen LogP contribution in [0.1, 0.15) is 56.1 Å². The van der Waals surface area contributed by atoms with Gasteiger partial charge in [0.1, 0.15) is 17.8 Å². The van der Waals surface area contributed by atoms with E-state index in [-0.39, 0.29) is 42.4 Å². The monoisotopic (exact) mass is 534 g/mol. The van der Waals surface area contributed by atoms with Crippen LogP contribution in [0.25, 0.3) is 0 Å². The summed E-state index contributed by atoms with van der Waals surface area (Å²) >= 11 is 0. The Bertz CT molecular complexity index is 911. The lowest BCUT2D eigenvalue weighted by molar-refractivity contribution is -0.142. The summed E-state index contributed by atoms with van der Waals surface area (Å²) in [5, 5.41) is 17.0. The molecule has 1 aromatic carbocycles. The zero-order valence-electron chi connectivity index (χ0n) is 22.1. The van der Waals surface area contributed by atoms with Crippen LogP contribution in [-0.4, -0.2) is 68.2 Å². The van der Waals surface area contributed by atoms with Crippen LogP contribution in [0.3, 0.4) is 0 Å². The fraction of sp³-hybridized carbons (Fsp3) is 0.630. The number of hydrogen-bond acceptors (Lipinski definition) is 5. The highest BCUT2D eigenvalue weighted by atomic mass is 35.5. The summed E-state index contributed by atoms with van der Waals surface area (Å²) in [6.07, 6.45) is 7.28. The molecule has 1 saturated carbocycles. The van der Waals surface area contributed by atoms with Gasteiger partial charge in [0.2, 0.25) is 17.7 Å². The maximum absolute atomic E-state index is 13.5. The maximum atomic E-state index is 13.5. The number of carbonyl (C=O) groups is 3. The van der Waals surface area contributed by atoms with E-state index in [0.717, 1.165) is 63.6 Å². The molecule has 3 amide bonds. The minimum Gasteiger partial charge on any atom is -0.384 e. The van der Waals surface area contributed by atoms with Gasteiger partial charge in [-0.05, 0) is 62.6 Å². The van der Waals surface area contributed by atoms with Crippen LogP contribution in [0.4, 0.5) is 0 Å². The van der Waals surface area contributed by atoms with Crippen LogP contribution in [0, 0.1) is 23.2 Å². The first-order valence-corrected chi connectivity index (χ1v) is 13.2.